The number of aryl methyl sites for hydroxylation is 1. The summed E-state index contributed by atoms with van der Waals surface area (Å²) in [4.78, 5) is 24.7. The van der Waals surface area contributed by atoms with Gasteiger partial charge in [0.25, 0.3) is 11.8 Å². The number of thiophene rings is 1. The summed E-state index contributed by atoms with van der Waals surface area (Å²) in [5.41, 5.74) is 1.02. The van der Waals surface area contributed by atoms with Crippen molar-refractivity contribution in [2.75, 3.05) is 25.5 Å². The number of likely N-dealkylation sites (N-methyl/N-ethyl adjacent to an activating group) is 1. The van der Waals surface area contributed by atoms with Gasteiger partial charge in [0.05, 0.1) is 9.88 Å². The quantitative estimate of drug-likeness (QED) is 0.710. The lowest BCUT2D eigenvalue weighted by Crippen LogP contribution is -2.30. The van der Waals surface area contributed by atoms with Crippen molar-refractivity contribution in [1.82, 2.24) is 10.6 Å². The predicted molar refractivity (Wildman–Crippen MR) is 89.7 cm³/mol. The van der Waals surface area contributed by atoms with E-state index in [0.29, 0.717) is 23.0 Å². The van der Waals surface area contributed by atoms with Crippen LogP contribution in [0.5, 0.6) is 0 Å². The third kappa shape index (κ3) is 4.61. The van der Waals surface area contributed by atoms with E-state index in [9.17, 15) is 14.0 Å². The third-order valence-electron chi connectivity index (χ3n) is 3.11. The van der Waals surface area contributed by atoms with Crippen LogP contribution in [-0.2, 0) is 0 Å². The molecule has 122 valence electrons. The zero-order valence-corrected chi connectivity index (χ0v) is 13.7. The Morgan fingerprint density at radius 1 is 1.17 bits per heavy atom. The van der Waals surface area contributed by atoms with Crippen LogP contribution in [0.25, 0.3) is 0 Å². The zero-order chi connectivity index (χ0) is 16.8. The molecular formula is C16H18FN3O2S. The van der Waals surface area contributed by atoms with Gasteiger partial charge >= 0.3 is 0 Å². The van der Waals surface area contributed by atoms with Crippen LogP contribution in [0, 0.1) is 12.7 Å². The summed E-state index contributed by atoms with van der Waals surface area (Å²) in [5.74, 6) is -1.05. The Hall–Kier alpha value is -2.25. The molecule has 0 atom stereocenters. The molecular weight excluding hydrogens is 317 g/mol. The predicted octanol–water partition coefficient (Wildman–Crippen LogP) is 2.40. The molecule has 1 aromatic carbocycles. The van der Waals surface area contributed by atoms with Crippen LogP contribution in [0.4, 0.5) is 9.39 Å². The molecule has 0 aliphatic heterocycles. The second-order valence-electron chi connectivity index (χ2n) is 4.95. The van der Waals surface area contributed by atoms with Gasteiger partial charge in [-0.2, -0.15) is 0 Å². The summed E-state index contributed by atoms with van der Waals surface area (Å²) in [6, 6.07) is 7.19. The fourth-order valence-corrected chi connectivity index (χ4v) is 2.95. The minimum absolute atomic E-state index is 0.172. The number of nitrogens with one attached hydrogen (secondary N) is 3. The molecule has 3 N–H and O–H groups in total. The van der Waals surface area contributed by atoms with E-state index in [1.807, 2.05) is 7.05 Å². The summed E-state index contributed by atoms with van der Waals surface area (Å²) in [6.45, 7) is 3.01. The number of hydrogen-bond acceptors (Lipinski definition) is 4. The number of hydrogen-bond donors (Lipinski definition) is 3. The Kier molecular flexibility index (Phi) is 5.84. The molecule has 0 spiro atoms. The Morgan fingerprint density at radius 3 is 2.65 bits per heavy atom. The van der Waals surface area contributed by atoms with E-state index in [1.165, 1.54) is 35.6 Å². The van der Waals surface area contributed by atoms with E-state index in [4.69, 9.17) is 0 Å². The number of carbonyl (C=O) groups excluding carboxylic acids is 2. The molecule has 2 amide bonds. The van der Waals surface area contributed by atoms with Crippen molar-refractivity contribution in [1.29, 1.82) is 0 Å². The number of carbonyl (C=O) groups is 2. The fourth-order valence-electron chi connectivity index (χ4n) is 1.96. The molecule has 7 heteroatoms. The standard InChI is InChI=1S/C16H18FN3O2S/c1-10-8-13(23-14(10)16(22)19-7-6-18-2)20-15(21)11-4-3-5-12(17)9-11/h3-5,8-9,18H,6-7H2,1-2H3,(H,19,22)(H,20,21). The highest BCUT2D eigenvalue weighted by molar-refractivity contribution is 7.18. The average Bonchev–Trinajstić information content (AvgIpc) is 2.88. The van der Waals surface area contributed by atoms with Crippen molar-refractivity contribution in [3.05, 3.63) is 52.2 Å². The van der Waals surface area contributed by atoms with E-state index in [1.54, 1.807) is 13.0 Å². The first-order valence-electron chi connectivity index (χ1n) is 7.11. The SMILES string of the molecule is CNCCNC(=O)c1sc(NC(=O)c2cccc(F)c2)cc1C. The molecule has 2 aromatic rings. The van der Waals surface area contributed by atoms with E-state index >= 15 is 0 Å². The number of amides is 2. The average molecular weight is 335 g/mol. The van der Waals surface area contributed by atoms with Crippen molar-refractivity contribution in [3.63, 3.8) is 0 Å². The topological polar surface area (TPSA) is 70.2 Å². The first-order valence-corrected chi connectivity index (χ1v) is 7.93. The maximum Gasteiger partial charge on any atom is 0.261 e. The van der Waals surface area contributed by atoms with Crippen LogP contribution >= 0.6 is 11.3 Å². The molecule has 0 radical (unpaired) electrons. The Balaban J connectivity index is 2.05. The monoisotopic (exact) mass is 335 g/mol. The minimum Gasteiger partial charge on any atom is -0.350 e. The molecule has 2 rings (SSSR count). The molecule has 0 aliphatic rings. The number of anilines is 1. The molecule has 0 bridgehead atoms. The van der Waals surface area contributed by atoms with Crippen LogP contribution in [0.2, 0.25) is 0 Å². The van der Waals surface area contributed by atoms with E-state index in [0.717, 1.165) is 5.56 Å². The highest BCUT2D eigenvalue weighted by atomic mass is 32.1. The van der Waals surface area contributed by atoms with E-state index in [2.05, 4.69) is 16.0 Å². The van der Waals surface area contributed by atoms with Crippen LogP contribution in [0.3, 0.4) is 0 Å². The second kappa shape index (κ2) is 7.85. The largest absolute Gasteiger partial charge is 0.350 e. The van der Waals surface area contributed by atoms with Gasteiger partial charge in [-0.1, -0.05) is 6.07 Å². The molecule has 0 aliphatic carbocycles. The lowest BCUT2D eigenvalue weighted by Gasteiger charge is -2.03. The van der Waals surface area contributed by atoms with Crippen LogP contribution in [0.15, 0.2) is 30.3 Å². The molecule has 1 heterocycles. The van der Waals surface area contributed by atoms with Crippen molar-refractivity contribution < 1.29 is 14.0 Å². The summed E-state index contributed by atoms with van der Waals surface area (Å²) in [5, 5.41) is 8.98. The smallest absolute Gasteiger partial charge is 0.261 e. The van der Waals surface area contributed by atoms with Gasteiger partial charge in [-0.15, -0.1) is 11.3 Å². The molecule has 5 nitrogen and oxygen atoms in total. The van der Waals surface area contributed by atoms with Gasteiger partial charge in [0, 0.05) is 18.7 Å². The van der Waals surface area contributed by atoms with Gasteiger partial charge < -0.3 is 16.0 Å². The van der Waals surface area contributed by atoms with Crippen molar-refractivity contribution >= 4 is 28.2 Å². The summed E-state index contributed by atoms with van der Waals surface area (Å²) >= 11 is 1.19. The maximum atomic E-state index is 13.2. The maximum absolute atomic E-state index is 13.2. The Labute approximate surface area is 137 Å². The van der Waals surface area contributed by atoms with Gasteiger partial charge in [-0.3, -0.25) is 9.59 Å². The van der Waals surface area contributed by atoms with Crippen molar-refractivity contribution in [2.24, 2.45) is 0 Å². The van der Waals surface area contributed by atoms with Gasteiger partial charge in [0.2, 0.25) is 0 Å². The summed E-state index contributed by atoms with van der Waals surface area (Å²) < 4.78 is 13.2. The highest BCUT2D eigenvalue weighted by Crippen LogP contribution is 2.27. The van der Waals surface area contributed by atoms with Crippen molar-refractivity contribution in [3.8, 4) is 0 Å². The minimum atomic E-state index is -0.468. The van der Waals surface area contributed by atoms with Gasteiger partial charge in [0.15, 0.2) is 0 Å². The zero-order valence-electron chi connectivity index (χ0n) is 12.9. The molecule has 0 fully saturated rings. The Morgan fingerprint density at radius 2 is 1.96 bits per heavy atom. The third-order valence-corrected chi connectivity index (χ3v) is 4.26. The van der Waals surface area contributed by atoms with Gasteiger partial charge in [0.1, 0.15) is 5.82 Å². The highest BCUT2D eigenvalue weighted by Gasteiger charge is 2.15. The first-order chi connectivity index (χ1) is 11.0. The fraction of sp³-hybridized carbons (Fsp3) is 0.250. The summed E-state index contributed by atoms with van der Waals surface area (Å²) in [6.07, 6.45) is 0. The normalized spacial score (nSPS) is 10.4. The van der Waals surface area contributed by atoms with E-state index < -0.39 is 11.7 Å². The number of benzene rings is 1. The lowest BCUT2D eigenvalue weighted by molar-refractivity contribution is 0.0956. The molecule has 0 unspecified atom stereocenters. The molecule has 23 heavy (non-hydrogen) atoms. The van der Waals surface area contributed by atoms with Gasteiger partial charge in [-0.05, 0) is 43.8 Å². The number of halogens is 1. The first kappa shape index (κ1) is 17.1. The molecule has 0 saturated heterocycles. The van der Waals surface area contributed by atoms with E-state index in [-0.39, 0.29) is 11.5 Å². The lowest BCUT2D eigenvalue weighted by atomic mass is 10.2. The Bertz CT molecular complexity index is 715. The number of rotatable bonds is 6. The van der Waals surface area contributed by atoms with Crippen LogP contribution in [-0.4, -0.2) is 32.0 Å². The van der Waals surface area contributed by atoms with Crippen LogP contribution < -0.4 is 16.0 Å². The van der Waals surface area contributed by atoms with Crippen molar-refractivity contribution in [2.45, 2.75) is 6.92 Å². The molecule has 0 saturated carbocycles. The summed E-state index contributed by atoms with van der Waals surface area (Å²) in [7, 11) is 1.81. The van der Waals surface area contributed by atoms with Gasteiger partial charge in [-0.25, -0.2) is 4.39 Å². The second-order valence-corrected chi connectivity index (χ2v) is 6.00. The van der Waals surface area contributed by atoms with Crippen LogP contribution in [0.1, 0.15) is 25.6 Å². The molecule has 1 aromatic heterocycles.